The summed E-state index contributed by atoms with van der Waals surface area (Å²) in [7, 11) is 0. The van der Waals surface area contributed by atoms with Gasteiger partial charge in [0, 0.05) is 24.1 Å². The smallest absolute Gasteiger partial charge is 0.407 e. The van der Waals surface area contributed by atoms with Crippen LogP contribution in [-0.4, -0.2) is 67.7 Å². The van der Waals surface area contributed by atoms with Crippen LogP contribution >= 0.6 is 11.6 Å². The Labute approximate surface area is 264 Å². The molecular weight excluding hydrogens is 644 g/mol. The van der Waals surface area contributed by atoms with Gasteiger partial charge in [-0.2, -0.15) is 13.2 Å². The summed E-state index contributed by atoms with van der Waals surface area (Å²) < 4.78 is 91.3. The highest BCUT2D eigenvalue weighted by Gasteiger charge is 2.29. The lowest BCUT2D eigenvalue weighted by Crippen LogP contribution is -2.49. The third-order valence-corrected chi connectivity index (χ3v) is 7.42. The largest absolute Gasteiger partial charge is 0.448 e. The molecule has 2 amide bonds. The van der Waals surface area contributed by atoms with Crippen molar-refractivity contribution in [2.24, 2.45) is 5.73 Å². The quantitative estimate of drug-likeness (QED) is 0.201. The second-order valence-electron chi connectivity index (χ2n) is 10.5. The molecule has 0 aliphatic carbocycles. The molecule has 2 aromatic carbocycles. The van der Waals surface area contributed by atoms with Crippen LogP contribution in [0.1, 0.15) is 17.5 Å². The molecule has 1 aliphatic rings. The zero-order chi connectivity index (χ0) is 33.4. The third-order valence-electron chi connectivity index (χ3n) is 7.13. The van der Waals surface area contributed by atoms with Crippen LogP contribution in [-0.2, 0) is 27.1 Å². The van der Waals surface area contributed by atoms with E-state index < -0.39 is 60.4 Å². The first kappa shape index (κ1) is 34.8. The van der Waals surface area contributed by atoms with E-state index in [4.69, 9.17) is 26.8 Å². The Balaban J connectivity index is 1.39. The van der Waals surface area contributed by atoms with Crippen molar-refractivity contribution in [3.05, 3.63) is 82.4 Å². The number of benzene rings is 2. The van der Waals surface area contributed by atoms with E-state index in [1.807, 2.05) is 0 Å². The lowest BCUT2D eigenvalue weighted by molar-refractivity contribution is -0.124. The number of nitrogens with two attached hydrogens (primary N) is 1. The molecule has 1 aliphatic heterocycles. The molecule has 5 N–H and O–H groups in total. The summed E-state index contributed by atoms with van der Waals surface area (Å²) in [5, 5.41) is 7.39. The number of nitrogens with one attached hydrogen (secondary N) is 3. The zero-order valence-corrected chi connectivity index (χ0v) is 24.9. The highest BCUT2D eigenvalue weighted by atomic mass is 35.5. The van der Waals surface area contributed by atoms with Crippen LogP contribution in [0.15, 0.2) is 48.8 Å². The minimum atomic E-state index is -4.56. The zero-order valence-electron chi connectivity index (χ0n) is 24.1. The summed E-state index contributed by atoms with van der Waals surface area (Å²) in [4.78, 5) is 27.8. The first-order valence-corrected chi connectivity index (χ1v) is 14.4. The fourth-order valence-corrected chi connectivity index (χ4v) is 5.01. The molecule has 16 heteroatoms. The van der Waals surface area contributed by atoms with Gasteiger partial charge in [0.05, 0.1) is 41.9 Å². The number of morpholine rings is 1. The number of anilines is 1. The standard InChI is InChI=1S/C30H30ClF6N5O4/c31-22-7-4-17(26(27(22)34)16-2-1-3-18(32)8-16)9-24(28(38)43)42-25-12-39-11-23(33)21(25)6-5-20-10-40-19(13-45-20)14-46-29(44)41-15-30(35,36)37/h1-4,7-8,11-12,19-20,24,40,42H,5-6,9-10,13-15H2,(H2,38,43)(H,41,44)/t19-,20+,24-/m0/s1. The van der Waals surface area contributed by atoms with Gasteiger partial charge < -0.3 is 31.2 Å². The summed E-state index contributed by atoms with van der Waals surface area (Å²) in [6, 6.07) is 6.41. The Bertz CT molecular complexity index is 1540. The topological polar surface area (TPSA) is 128 Å². The third kappa shape index (κ3) is 9.71. The number of hydrogen-bond acceptors (Lipinski definition) is 7. The molecule has 4 rings (SSSR count). The number of rotatable bonds is 12. The maximum absolute atomic E-state index is 15.2. The molecule has 3 atom stereocenters. The van der Waals surface area contributed by atoms with Crippen molar-refractivity contribution in [1.29, 1.82) is 0 Å². The molecule has 248 valence electrons. The van der Waals surface area contributed by atoms with Crippen LogP contribution in [0, 0.1) is 17.5 Å². The highest BCUT2D eigenvalue weighted by molar-refractivity contribution is 6.31. The lowest BCUT2D eigenvalue weighted by Gasteiger charge is -2.30. The van der Waals surface area contributed by atoms with Gasteiger partial charge in [-0.1, -0.05) is 29.8 Å². The second-order valence-corrected chi connectivity index (χ2v) is 10.9. The minimum absolute atomic E-state index is 0.00905. The van der Waals surface area contributed by atoms with Gasteiger partial charge in [0.15, 0.2) is 0 Å². The Morgan fingerprint density at radius 2 is 1.96 bits per heavy atom. The van der Waals surface area contributed by atoms with Gasteiger partial charge in [-0.05, 0) is 42.2 Å². The van der Waals surface area contributed by atoms with E-state index in [-0.39, 0.29) is 60.0 Å². The van der Waals surface area contributed by atoms with Gasteiger partial charge in [0.25, 0.3) is 0 Å². The molecular formula is C30H30ClF6N5O4. The Morgan fingerprint density at radius 3 is 2.63 bits per heavy atom. The number of alkyl halides is 3. The van der Waals surface area contributed by atoms with Crippen LogP contribution in [0.5, 0.6) is 0 Å². The normalized spacial score (nSPS) is 17.3. The molecule has 0 bridgehead atoms. The molecule has 0 radical (unpaired) electrons. The van der Waals surface area contributed by atoms with E-state index in [0.717, 1.165) is 12.3 Å². The van der Waals surface area contributed by atoms with E-state index in [0.29, 0.717) is 12.0 Å². The number of halogens is 7. The van der Waals surface area contributed by atoms with Crippen LogP contribution < -0.4 is 21.7 Å². The van der Waals surface area contributed by atoms with Gasteiger partial charge in [-0.3, -0.25) is 9.78 Å². The fraction of sp³-hybridized carbons (Fsp3) is 0.367. The number of ether oxygens (including phenoxy) is 2. The van der Waals surface area contributed by atoms with E-state index in [9.17, 15) is 31.5 Å². The van der Waals surface area contributed by atoms with Crippen LogP contribution in [0.25, 0.3) is 11.1 Å². The van der Waals surface area contributed by atoms with Crippen LogP contribution in [0.2, 0.25) is 5.02 Å². The molecule has 0 unspecified atom stereocenters. The Morgan fingerprint density at radius 1 is 1.17 bits per heavy atom. The Kier molecular flexibility index (Phi) is 11.7. The predicted molar refractivity (Wildman–Crippen MR) is 157 cm³/mol. The lowest BCUT2D eigenvalue weighted by atomic mass is 9.94. The number of primary amides is 1. The highest BCUT2D eigenvalue weighted by Crippen LogP contribution is 2.33. The molecule has 46 heavy (non-hydrogen) atoms. The van der Waals surface area contributed by atoms with E-state index in [1.165, 1.54) is 36.5 Å². The summed E-state index contributed by atoms with van der Waals surface area (Å²) in [6.07, 6.45) is -3.54. The number of amides is 2. The number of carbonyl (C=O) groups is 2. The van der Waals surface area contributed by atoms with Crippen molar-refractivity contribution < 1.29 is 45.4 Å². The minimum Gasteiger partial charge on any atom is -0.448 e. The fourth-order valence-electron chi connectivity index (χ4n) is 4.85. The monoisotopic (exact) mass is 673 g/mol. The number of hydrogen-bond donors (Lipinski definition) is 4. The van der Waals surface area contributed by atoms with Gasteiger partial charge in [0.1, 0.15) is 36.6 Å². The van der Waals surface area contributed by atoms with Gasteiger partial charge in [0.2, 0.25) is 5.91 Å². The first-order valence-electron chi connectivity index (χ1n) is 14.0. The van der Waals surface area contributed by atoms with Crippen molar-refractivity contribution >= 4 is 29.3 Å². The molecule has 0 saturated carbocycles. The van der Waals surface area contributed by atoms with Crippen LogP contribution in [0.3, 0.4) is 0 Å². The van der Waals surface area contributed by atoms with E-state index in [1.54, 1.807) is 5.32 Å². The van der Waals surface area contributed by atoms with Crippen molar-refractivity contribution in [2.75, 3.05) is 31.6 Å². The maximum atomic E-state index is 15.2. The average Bonchev–Trinajstić information content (AvgIpc) is 3.00. The summed E-state index contributed by atoms with van der Waals surface area (Å²) in [5.74, 6) is -2.89. The number of alkyl carbamates (subject to hydrolysis) is 1. The maximum Gasteiger partial charge on any atom is 0.407 e. The predicted octanol–water partition coefficient (Wildman–Crippen LogP) is 4.91. The number of nitrogens with zero attached hydrogens (tertiary/aromatic N) is 1. The van der Waals surface area contributed by atoms with Crippen molar-refractivity contribution in [2.45, 2.75) is 43.6 Å². The SMILES string of the molecule is NC(=O)[C@H](Cc1ccc(Cl)c(F)c1-c1cccc(F)c1)Nc1cncc(F)c1CC[C@@H]1CN[C@H](COC(=O)NCC(F)(F)F)CO1. The van der Waals surface area contributed by atoms with Gasteiger partial charge in [-0.15, -0.1) is 0 Å². The molecule has 9 nitrogen and oxygen atoms in total. The first-order chi connectivity index (χ1) is 21.8. The van der Waals surface area contributed by atoms with Crippen LogP contribution in [0.4, 0.5) is 36.8 Å². The van der Waals surface area contributed by atoms with Gasteiger partial charge in [-0.25, -0.2) is 18.0 Å². The van der Waals surface area contributed by atoms with Crippen molar-refractivity contribution in [3.63, 3.8) is 0 Å². The summed E-state index contributed by atoms with van der Waals surface area (Å²) in [6.45, 7) is -1.38. The molecule has 0 spiro atoms. The molecule has 3 aromatic rings. The summed E-state index contributed by atoms with van der Waals surface area (Å²) in [5.41, 5.74) is 6.52. The van der Waals surface area contributed by atoms with Crippen molar-refractivity contribution in [3.8, 4) is 11.1 Å². The molecule has 2 heterocycles. The molecule has 1 saturated heterocycles. The van der Waals surface area contributed by atoms with E-state index >= 15 is 4.39 Å². The van der Waals surface area contributed by atoms with E-state index in [2.05, 4.69) is 15.6 Å². The van der Waals surface area contributed by atoms with Gasteiger partial charge >= 0.3 is 12.3 Å². The molecule has 1 fully saturated rings. The molecule has 1 aromatic heterocycles. The number of carbonyl (C=O) groups excluding carboxylic acids is 2. The number of pyridine rings is 1. The van der Waals surface area contributed by atoms with Crippen molar-refractivity contribution in [1.82, 2.24) is 15.6 Å². The summed E-state index contributed by atoms with van der Waals surface area (Å²) >= 11 is 6.01. The second kappa shape index (κ2) is 15.5. The average molecular weight is 674 g/mol. The number of aromatic nitrogens is 1. The Hall–Kier alpha value is -4.08.